The highest BCUT2D eigenvalue weighted by Crippen LogP contribution is 2.25. The maximum atomic E-state index is 13.1. The Morgan fingerprint density at radius 3 is 2.81 bits per heavy atom. The highest BCUT2D eigenvalue weighted by Gasteiger charge is 2.34. The van der Waals surface area contributed by atoms with Crippen LogP contribution in [0.1, 0.15) is 45.9 Å². The van der Waals surface area contributed by atoms with Crippen molar-refractivity contribution < 1.29 is 14.1 Å². The highest BCUT2D eigenvalue weighted by molar-refractivity contribution is 7.99. The van der Waals surface area contributed by atoms with Crippen LogP contribution in [0.3, 0.4) is 0 Å². The van der Waals surface area contributed by atoms with Gasteiger partial charge in [0.15, 0.2) is 5.69 Å². The van der Waals surface area contributed by atoms with Crippen LogP contribution in [0.5, 0.6) is 0 Å². The van der Waals surface area contributed by atoms with Crippen molar-refractivity contribution in [3.63, 3.8) is 0 Å². The zero-order valence-corrected chi connectivity index (χ0v) is 15.7. The monoisotopic (exact) mass is 385 g/mol. The largest absolute Gasteiger partial charge is 0.361 e. The van der Waals surface area contributed by atoms with E-state index in [0.29, 0.717) is 48.0 Å². The fraction of sp³-hybridized carbons (Fsp3) is 0.389. The predicted octanol–water partition coefficient (Wildman–Crippen LogP) is 2.68. The van der Waals surface area contributed by atoms with Crippen molar-refractivity contribution in [1.82, 2.24) is 20.2 Å². The van der Waals surface area contributed by atoms with Crippen molar-refractivity contribution in [2.45, 2.75) is 31.2 Å². The predicted molar refractivity (Wildman–Crippen MR) is 97.7 cm³/mol. The molecule has 140 valence electrons. The first-order chi connectivity index (χ1) is 13.1. The molecule has 0 radical (unpaired) electrons. The van der Waals surface area contributed by atoms with Gasteiger partial charge < -0.3 is 4.52 Å². The number of hydrogen-bond donors (Lipinski definition) is 0. The molecule has 0 spiro atoms. The van der Waals surface area contributed by atoms with Crippen LogP contribution in [0.4, 0.5) is 0 Å². The quantitative estimate of drug-likeness (QED) is 0.556. The summed E-state index contributed by atoms with van der Waals surface area (Å²) in [5.41, 5.74) is 0.639. The van der Waals surface area contributed by atoms with Crippen LogP contribution in [0.15, 0.2) is 33.9 Å². The molecule has 2 aromatic rings. The number of aryl methyl sites for hydroxylation is 1. The number of pyridine rings is 1. The topological polar surface area (TPSA) is 103 Å². The minimum atomic E-state index is -0.357. The van der Waals surface area contributed by atoms with E-state index >= 15 is 0 Å². The SMILES string of the molecule is Cc1cc(C(=O)N2CCCN2C(=O)c2cccnc2SCCCC#N)no1. The molecule has 2 aromatic heterocycles. The maximum Gasteiger partial charge on any atom is 0.294 e. The Morgan fingerprint density at radius 1 is 1.33 bits per heavy atom. The van der Waals surface area contributed by atoms with Crippen LogP contribution < -0.4 is 0 Å². The third kappa shape index (κ3) is 4.28. The van der Waals surface area contributed by atoms with E-state index in [1.165, 1.54) is 21.8 Å². The van der Waals surface area contributed by atoms with Gasteiger partial charge in [0.25, 0.3) is 11.8 Å². The van der Waals surface area contributed by atoms with E-state index in [0.717, 1.165) is 6.42 Å². The molecule has 1 fully saturated rings. The smallest absolute Gasteiger partial charge is 0.294 e. The van der Waals surface area contributed by atoms with Crippen LogP contribution in [0.25, 0.3) is 0 Å². The second kappa shape index (κ2) is 8.68. The van der Waals surface area contributed by atoms with Gasteiger partial charge in [-0.25, -0.2) is 15.0 Å². The van der Waals surface area contributed by atoms with E-state index in [4.69, 9.17) is 9.78 Å². The summed E-state index contributed by atoms with van der Waals surface area (Å²) in [6.07, 6.45) is 3.52. The van der Waals surface area contributed by atoms with E-state index < -0.39 is 0 Å². The summed E-state index contributed by atoms with van der Waals surface area (Å²) in [5, 5.41) is 15.9. The fourth-order valence-electron chi connectivity index (χ4n) is 2.76. The molecule has 0 atom stereocenters. The first-order valence-corrected chi connectivity index (χ1v) is 9.62. The molecule has 3 heterocycles. The zero-order chi connectivity index (χ0) is 19.2. The lowest BCUT2D eigenvalue weighted by Gasteiger charge is -2.27. The van der Waals surface area contributed by atoms with Gasteiger partial charge in [-0.2, -0.15) is 5.26 Å². The van der Waals surface area contributed by atoms with Gasteiger partial charge in [-0.15, -0.1) is 11.8 Å². The lowest BCUT2D eigenvalue weighted by Crippen LogP contribution is -2.45. The third-order valence-electron chi connectivity index (χ3n) is 4.02. The number of carbonyl (C=O) groups excluding carboxylic acids is 2. The molecular weight excluding hydrogens is 366 g/mol. The Kier molecular flexibility index (Phi) is 6.08. The van der Waals surface area contributed by atoms with Crippen molar-refractivity contribution in [2.75, 3.05) is 18.8 Å². The Morgan fingerprint density at radius 2 is 2.11 bits per heavy atom. The summed E-state index contributed by atoms with van der Waals surface area (Å²) in [6.45, 7) is 2.61. The van der Waals surface area contributed by atoms with Crippen molar-refractivity contribution in [2.24, 2.45) is 0 Å². The highest BCUT2D eigenvalue weighted by atomic mass is 32.2. The number of nitriles is 1. The molecular formula is C18H19N5O3S. The van der Waals surface area contributed by atoms with Gasteiger partial charge >= 0.3 is 0 Å². The van der Waals surface area contributed by atoms with E-state index in [1.54, 1.807) is 31.3 Å². The average Bonchev–Trinajstić information content (AvgIpc) is 3.33. The van der Waals surface area contributed by atoms with Crippen LogP contribution in [0.2, 0.25) is 0 Å². The van der Waals surface area contributed by atoms with Gasteiger partial charge in [0.05, 0.1) is 11.6 Å². The molecule has 0 unspecified atom stereocenters. The van der Waals surface area contributed by atoms with Gasteiger partial charge in [-0.05, 0) is 31.9 Å². The molecule has 9 heteroatoms. The number of rotatable bonds is 6. The fourth-order valence-corrected chi connectivity index (χ4v) is 3.69. The zero-order valence-electron chi connectivity index (χ0n) is 14.9. The second-order valence-electron chi connectivity index (χ2n) is 6.00. The lowest BCUT2D eigenvalue weighted by molar-refractivity contribution is 0.0177. The molecule has 27 heavy (non-hydrogen) atoms. The van der Waals surface area contributed by atoms with Crippen LogP contribution in [-0.2, 0) is 0 Å². The summed E-state index contributed by atoms with van der Waals surface area (Å²) >= 11 is 1.44. The Labute approximate surface area is 161 Å². The van der Waals surface area contributed by atoms with Crippen molar-refractivity contribution >= 4 is 23.6 Å². The Balaban J connectivity index is 1.76. The number of aromatic nitrogens is 2. The summed E-state index contributed by atoms with van der Waals surface area (Å²) < 4.78 is 4.97. The minimum Gasteiger partial charge on any atom is -0.361 e. The van der Waals surface area contributed by atoms with Crippen LogP contribution >= 0.6 is 11.8 Å². The molecule has 1 aliphatic heterocycles. The van der Waals surface area contributed by atoms with E-state index in [9.17, 15) is 9.59 Å². The maximum absolute atomic E-state index is 13.1. The van der Waals surface area contributed by atoms with E-state index in [-0.39, 0.29) is 17.5 Å². The molecule has 1 saturated heterocycles. The summed E-state index contributed by atoms with van der Waals surface area (Å²) in [6, 6.07) is 7.08. The molecule has 0 aromatic carbocycles. The minimum absolute atomic E-state index is 0.185. The van der Waals surface area contributed by atoms with E-state index in [1.807, 2.05) is 0 Å². The standard InChI is InChI=1S/C18H19N5O3S/c1-13-12-15(21-26-13)18(25)23-10-5-9-22(23)17(24)14-6-4-8-20-16(14)27-11-3-2-7-19/h4,6,8,12H,2-3,5,9-11H2,1H3. The average molecular weight is 385 g/mol. The molecule has 0 aliphatic carbocycles. The Bertz CT molecular complexity index is 876. The number of nitrogens with zero attached hydrogens (tertiary/aromatic N) is 5. The second-order valence-corrected chi connectivity index (χ2v) is 7.08. The van der Waals surface area contributed by atoms with Gasteiger partial charge in [0, 0.05) is 37.5 Å². The van der Waals surface area contributed by atoms with Gasteiger partial charge in [0.2, 0.25) is 0 Å². The molecule has 0 N–H and O–H groups in total. The number of unbranched alkanes of at least 4 members (excludes halogenated alkanes) is 1. The van der Waals surface area contributed by atoms with E-state index in [2.05, 4.69) is 16.2 Å². The van der Waals surface area contributed by atoms with Crippen LogP contribution in [-0.4, -0.2) is 50.8 Å². The first kappa shape index (κ1) is 18.9. The molecule has 1 aliphatic rings. The number of carbonyl (C=O) groups is 2. The molecule has 0 saturated carbocycles. The molecule has 2 amide bonds. The van der Waals surface area contributed by atoms with Gasteiger partial charge in [-0.1, -0.05) is 5.16 Å². The number of thioether (sulfide) groups is 1. The van der Waals surface area contributed by atoms with Gasteiger partial charge in [-0.3, -0.25) is 9.59 Å². The molecule has 3 rings (SSSR count). The molecule has 8 nitrogen and oxygen atoms in total. The Hall–Kier alpha value is -2.86. The number of hydrazine groups is 1. The third-order valence-corrected chi connectivity index (χ3v) is 5.11. The van der Waals surface area contributed by atoms with Crippen LogP contribution in [0, 0.1) is 18.3 Å². The normalized spacial score (nSPS) is 13.6. The summed E-state index contributed by atoms with van der Waals surface area (Å²) in [5.74, 6) is 0.617. The van der Waals surface area contributed by atoms with Crippen molar-refractivity contribution in [3.8, 4) is 6.07 Å². The lowest BCUT2D eigenvalue weighted by atomic mass is 10.2. The summed E-state index contributed by atoms with van der Waals surface area (Å²) in [4.78, 5) is 30.1. The van der Waals surface area contributed by atoms with Crippen molar-refractivity contribution in [3.05, 3.63) is 41.4 Å². The first-order valence-electron chi connectivity index (χ1n) is 8.63. The summed E-state index contributed by atoms with van der Waals surface area (Å²) in [7, 11) is 0. The van der Waals surface area contributed by atoms with Crippen molar-refractivity contribution in [1.29, 1.82) is 5.26 Å². The van der Waals surface area contributed by atoms with Gasteiger partial charge in [0.1, 0.15) is 10.8 Å². The number of amides is 2. The molecule has 0 bridgehead atoms. The number of hydrogen-bond acceptors (Lipinski definition) is 7.